The number of fused-ring (bicyclic) bond motifs is 2. The molecule has 1 saturated heterocycles. The van der Waals surface area contributed by atoms with Crippen LogP contribution >= 0.6 is 15.9 Å². The van der Waals surface area contributed by atoms with Gasteiger partial charge < -0.3 is 19.5 Å². The first kappa shape index (κ1) is 20.6. The fraction of sp³-hybridized carbons (Fsp3) is 0.318. The van der Waals surface area contributed by atoms with Crippen molar-refractivity contribution >= 4 is 50.6 Å². The van der Waals surface area contributed by atoms with Gasteiger partial charge in [-0.25, -0.2) is 14.8 Å². The van der Waals surface area contributed by atoms with Gasteiger partial charge in [0.05, 0.1) is 12.7 Å². The molecule has 5 rings (SSSR count). The highest BCUT2D eigenvalue weighted by atomic mass is 79.9. The molecule has 32 heavy (non-hydrogen) atoms. The van der Waals surface area contributed by atoms with E-state index in [9.17, 15) is 14.4 Å². The minimum absolute atomic E-state index is 0.0657. The second-order valence-corrected chi connectivity index (χ2v) is 8.83. The van der Waals surface area contributed by atoms with E-state index in [1.165, 1.54) is 13.3 Å². The third-order valence-corrected chi connectivity index (χ3v) is 6.43. The topological polar surface area (TPSA) is 106 Å². The highest BCUT2D eigenvalue weighted by Gasteiger charge is 2.56. The highest BCUT2D eigenvalue weighted by Crippen LogP contribution is 2.48. The van der Waals surface area contributed by atoms with Crippen LogP contribution in [0.4, 0.5) is 5.82 Å². The number of hydrogen-bond donors (Lipinski definition) is 1. The van der Waals surface area contributed by atoms with Gasteiger partial charge in [0.15, 0.2) is 0 Å². The number of pyridine rings is 2. The lowest BCUT2D eigenvalue weighted by molar-refractivity contribution is -0.138. The number of piperidine rings is 1. The smallest absolute Gasteiger partial charge is 0.339 e. The molecular formula is C22H20BrN5O4. The fourth-order valence-electron chi connectivity index (χ4n) is 4.40. The van der Waals surface area contributed by atoms with Crippen molar-refractivity contribution in [3.8, 4) is 0 Å². The van der Waals surface area contributed by atoms with Crippen molar-refractivity contribution in [3.63, 3.8) is 0 Å². The molecule has 3 atom stereocenters. The number of anilines is 1. The maximum Gasteiger partial charge on any atom is 0.339 e. The quantitative estimate of drug-likeness (QED) is 0.428. The van der Waals surface area contributed by atoms with Crippen LogP contribution < -0.4 is 5.32 Å². The third kappa shape index (κ3) is 3.75. The van der Waals surface area contributed by atoms with Gasteiger partial charge in [0, 0.05) is 23.8 Å². The van der Waals surface area contributed by atoms with E-state index in [2.05, 4.69) is 31.2 Å². The van der Waals surface area contributed by atoms with E-state index in [1.54, 1.807) is 46.0 Å². The molecule has 9 nitrogen and oxygen atoms in total. The molecular weight excluding hydrogens is 478 g/mol. The summed E-state index contributed by atoms with van der Waals surface area (Å²) in [5.41, 5.74) is 0.944. The Bertz CT molecular complexity index is 1240. The van der Waals surface area contributed by atoms with E-state index < -0.39 is 12.0 Å². The number of nitrogens with zero attached hydrogens (tertiary/aromatic N) is 4. The van der Waals surface area contributed by atoms with Gasteiger partial charge >= 0.3 is 5.97 Å². The summed E-state index contributed by atoms with van der Waals surface area (Å²) in [5.74, 6) is -0.0106. The zero-order valence-electron chi connectivity index (χ0n) is 17.2. The lowest BCUT2D eigenvalue weighted by atomic mass is 10.1. The maximum atomic E-state index is 13.2. The molecule has 2 amide bonds. The number of hydrogen-bond acceptors (Lipinski definition) is 6. The summed E-state index contributed by atoms with van der Waals surface area (Å²) in [6.07, 6.45) is 4.78. The van der Waals surface area contributed by atoms with E-state index in [0.29, 0.717) is 34.0 Å². The lowest BCUT2D eigenvalue weighted by Gasteiger charge is -2.27. The van der Waals surface area contributed by atoms with Crippen LogP contribution in [0.1, 0.15) is 23.2 Å². The predicted molar refractivity (Wildman–Crippen MR) is 119 cm³/mol. The Morgan fingerprint density at radius 2 is 2.09 bits per heavy atom. The van der Waals surface area contributed by atoms with Crippen LogP contribution in [0, 0.1) is 5.92 Å². The summed E-state index contributed by atoms with van der Waals surface area (Å²) in [5, 5.41) is 3.56. The molecule has 3 aromatic rings. The summed E-state index contributed by atoms with van der Waals surface area (Å²) in [7, 11) is 1.32. The monoisotopic (exact) mass is 497 g/mol. The van der Waals surface area contributed by atoms with Crippen molar-refractivity contribution in [2.45, 2.75) is 31.5 Å². The zero-order valence-corrected chi connectivity index (χ0v) is 18.8. The Morgan fingerprint density at radius 3 is 2.88 bits per heavy atom. The Labute approximate surface area is 191 Å². The van der Waals surface area contributed by atoms with Crippen LogP contribution in [0.5, 0.6) is 0 Å². The minimum Gasteiger partial charge on any atom is -0.465 e. The Morgan fingerprint density at radius 1 is 1.25 bits per heavy atom. The van der Waals surface area contributed by atoms with Crippen LogP contribution in [-0.4, -0.2) is 56.4 Å². The molecule has 10 heteroatoms. The van der Waals surface area contributed by atoms with Gasteiger partial charge in [0.2, 0.25) is 11.8 Å². The summed E-state index contributed by atoms with van der Waals surface area (Å²) >= 11 is 3.30. The Balaban J connectivity index is 1.33. The molecule has 3 aromatic heterocycles. The van der Waals surface area contributed by atoms with E-state index in [-0.39, 0.29) is 24.4 Å². The van der Waals surface area contributed by atoms with Gasteiger partial charge in [0.25, 0.3) is 0 Å². The first-order chi connectivity index (χ1) is 15.4. The molecule has 0 bridgehead atoms. The molecule has 1 aliphatic heterocycles. The predicted octanol–water partition coefficient (Wildman–Crippen LogP) is 2.61. The van der Waals surface area contributed by atoms with Crippen LogP contribution in [0.15, 0.2) is 47.3 Å². The van der Waals surface area contributed by atoms with Crippen LogP contribution in [0.2, 0.25) is 0 Å². The Hall–Kier alpha value is -3.27. The van der Waals surface area contributed by atoms with Gasteiger partial charge in [-0.2, -0.15) is 0 Å². The third-order valence-electron chi connectivity index (χ3n) is 5.99. The Kier molecular flexibility index (Phi) is 5.16. The van der Waals surface area contributed by atoms with E-state index in [4.69, 9.17) is 4.74 Å². The molecule has 0 aromatic carbocycles. The van der Waals surface area contributed by atoms with Crippen LogP contribution in [0.3, 0.4) is 0 Å². The zero-order chi connectivity index (χ0) is 22.4. The average Bonchev–Trinajstić information content (AvgIpc) is 3.26. The summed E-state index contributed by atoms with van der Waals surface area (Å²) in [4.78, 5) is 48.2. The number of carbonyl (C=O) groups is 3. The standard InChI is InChI=1S/C22H20BrN5O4/c1-32-22(31)14-7-12-5-6-27(20(12)24-10-14)11-19(29)28-15-8-13(15)9-16(28)21(30)26-18-4-2-3-17(23)25-18/h2-7,10,13,15-16H,8-9,11H2,1H3,(H,25,26,30)/t13?,15-,16+/m1/s1. The SMILES string of the molecule is COC(=O)c1cnc2c(ccn2CC(=O)N2[C@@H]3CC3C[C@H]2C(=O)Nc2cccc(Br)n2)c1. The van der Waals surface area contributed by atoms with Crippen LogP contribution in [0.25, 0.3) is 11.0 Å². The molecule has 4 heterocycles. The molecule has 164 valence electrons. The minimum atomic E-state index is -0.521. The van der Waals surface area contributed by atoms with Gasteiger partial charge in [0.1, 0.15) is 28.7 Å². The lowest BCUT2D eigenvalue weighted by Crippen LogP contribution is -2.46. The van der Waals surface area contributed by atoms with Crippen molar-refractivity contribution < 1.29 is 19.1 Å². The molecule has 2 fully saturated rings. The number of aromatic nitrogens is 3. The fourth-order valence-corrected chi connectivity index (χ4v) is 4.74. The normalized spacial score (nSPS) is 21.3. The molecule has 0 radical (unpaired) electrons. The van der Waals surface area contributed by atoms with Crippen molar-refractivity contribution in [1.29, 1.82) is 0 Å². The molecule has 2 aliphatic rings. The number of methoxy groups -OCH3 is 1. The number of ether oxygens (including phenoxy) is 1. The molecule has 1 aliphatic carbocycles. The summed E-state index contributed by atoms with van der Waals surface area (Å²) in [6.45, 7) is 0.0657. The molecule has 1 saturated carbocycles. The van der Waals surface area contributed by atoms with Crippen molar-refractivity contribution in [3.05, 3.63) is 52.9 Å². The molecule has 1 unspecified atom stereocenters. The second-order valence-electron chi connectivity index (χ2n) is 8.02. The summed E-state index contributed by atoms with van der Waals surface area (Å²) in [6, 6.07) is 8.35. The summed E-state index contributed by atoms with van der Waals surface area (Å²) < 4.78 is 7.09. The maximum absolute atomic E-state index is 13.2. The van der Waals surface area contributed by atoms with E-state index >= 15 is 0 Å². The second kappa shape index (κ2) is 8.01. The average molecular weight is 498 g/mol. The largest absolute Gasteiger partial charge is 0.465 e. The van der Waals surface area contributed by atoms with Gasteiger partial charge in [-0.15, -0.1) is 0 Å². The number of nitrogens with one attached hydrogen (secondary N) is 1. The van der Waals surface area contributed by atoms with Crippen molar-refractivity contribution in [2.24, 2.45) is 5.92 Å². The van der Waals surface area contributed by atoms with E-state index in [0.717, 1.165) is 11.8 Å². The van der Waals surface area contributed by atoms with Gasteiger partial charge in [-0.3, -0.25) is 9.59 Å². The highest BCUT2D eigenvalue weighted by molar-refractivity contribution is 9.10. The first-order valence-corrected chi connectivity index (χ1v) is 11.0. The number of rotatable bonds is 5. The number of likely N-dealkylation sites (tertiary alicyclic amines) is 1. The van der Waals surface area contributed by atoms with Crippen molar-refractivity contribution in [2.75, 3.05) is 12.4 Å². The first-order valence-electron chi connectivity index (χ1n) is 10.2. The molecule has 1 N–H and O–H groups in total. The number of halogens is 1. The van der Waals surface area contributed by atoms with Gasteiger partial charge in [-0.05, 0) is 59.0 Å². The van der Waals surface area contributed by atoms with Crippen LogP contribution in [-0.2, 0) is 20.9 Å². The number of amides is 2. The van der Waals surface area contributed by atoms with E-state index in [1.807, 2.05) is 0 Å². The molecule has 0 spiro atoms. The van der Waals surface area contributed by atoms with Gasteiger partial charge in [-0.1, -0.05) is 6.07 Å². The number of esters is 1. The van der Waals surface area contributed by atoms with Crippen molar-refractivity contribution in [1.82, 2.24) is 19.4 Å². The number of carbonyl (C=O) groups excluding carboxylic acids is 3.